The van der Waals surface area contributed by atoms with E-state index in [1.54, 1.807) is 47.0 Å². The third kappa shape index (κ3) is 7.40. The molecule has 2 aliphatic heterocycles. The molecule has 3 aromatic rings. The minimum Gasteiger partial charge on any atom is -0.342 e. The molecule has 2 aromatic carbocycles. The molecule has 5 rings (SSSR count). The summed E-state index contributed by atoms with van der Waals surface area (Å²) in [6.45, 7) is 7.54. The number of tetrazole rings is 1. The van der Waals surface area contributed by atoms with Crippen LogP contribution in [0.25, 0.3) is 11.4 Å². The molecular weight excluding hydrogens is 563 g/mol. The molecule has 0 aliphatic carbocycles. The average molecular weight is 605 g/mol. The summed E-state index contributed by atoms with van der Waals surface area (Å²) in [5.41, 5.74) is 1.77. The number of halogens is 1. The van der Waals surface area contributed by atoms with Crippen LogP contribution in [0.2, 0.25) is 0 Å². The number of rotatable bonds is 6. The number of anilines is 1. The fourth-order valence-corrected chi connectivity index (χ4v) is 6.20. The fourth-order valence-electron chi connectivity index (χ4n) is 6.20. The second kappa shape index (κ2) is 13.1. The number of aromatic nitrogens is 4. The highest BCUT2D eigenvalue weighted by Gasteiger charge is 2.41. The molecule has 12 heteroatoms. The van der Waals surface area contributed by atoms with Crippen LogP contribution < -0.4 is 10.6 Å². The van der Waals surface area contributed by atoms with Gasteiger partial charge in [-0.1, -0.05) is 45.0 Å². The van der Waals surface area contributed by atoms with Crippen molar-refractivity contribution in [2.75, 3.05) is 31.5 Å². The minimum atomic E-state index is -0.583. The number of urea groups is 1. The van der Waals surface area contributed by atoms with Gasteiger partial charge in [-0.15, -0.1) is 5.10 Å². The number of likely N-dealkylation sites (tertiary alicyclic amines) is 2. The fraction of sp³-hybridized carbons (Fsp3) is 0.500. The maximum atomic E-state index is 14.1. The molecule has 2 fully saturated rings. The highest BCUT2D eigenvalue weighted by Crippen LogP contribution is 2.28. The number of nitrogens with zero attached hydrogens (tertiary/aromatic N) is 6. The van der Waals surface area contributed by atoms with Crippen LogP contribution in [0, 0.1) is 23.1 Å². The molecular formula is C32H41FN8O3. The van der Waals surface area contributed by atoms with Crippen molar-refractivity contribution < 1.29 is 18.8 Å². The van der Waals surface area contributed by atoms with Crippen LogP contribution in [0.5, 0.6) is 0 Å². The van der Waals surface area contributed by atoms with Crippen molar-refractivity contribution in [3.63, 3.8) is 0 Å². The first kappa shape index (κ1) is 31.1. The van der Waals surface area contributed by atoms with E-state index < -0.39 is 23.4 Å². The number of nitrogens with one attached hydrogen (secondary N) is 2. The van der Waals surface area contributed by atoms with Gasteiger partial charge in [-0.2, -0.15) is 0 Å². The number of carbonyl (C=O) groups excluding carboxylic acids is 3. The first-order chi connectivity index (χ1) is 21.0. The predicted molar refractivity (Wildman–Crippen MR) is 164 cm³/mol. The third-order valence-corrected chi connectivity index (χ3v) is 8.44. The van der Waals surface area contributed by atoms with Gasteiger partial charge in [-0.25, -0.2) is 13.9 Å². The van der Waals surface area contributed by atoms with Crippen molar-refractivity contribution in [1.82, 2.24) is 35.3 Å². The molecule has 4 amide bonds. The second-order valence-corrected chi connectivity index (χ2v) is 12.9. The van der Waals surface area contributed by atoms with Gasteiger partial charge in [0.1, 0.15) is 5.82 Å². The zero-order valence-electron chi connectivity index (χ0n) is 25.8. The molecule has 2 aliphatic rings. The summed E-state index contributed by atoms with van der Waals surface area (Å²) >= 11 is 0. The van der Waals surface area contributed by atoms with Crippen LogP contribution in [0.1, 0.15) is 45.6 Å². The molecule has 0 saturated carbocycles. The van der Waals surface area contributed by atoms with Gasteiger partial charge in [0.2, 0.25) is 11.8 Å². The van der Waals surface area contributed by atoms with Crippen LogP contribution in [-0.4, -0.2) is 80.1 Å². The molecule has 2 N–H and O–H groups in total. The number of hydrogen-bond donors (Lipinski definition) is 2. The maximum absolute atomic E-state index is 14.1. The highest BCUT2D eigenvalue weighted by atomic mass is 19.1. The number of carbonyl (C=O) groups is 3. The summed E-state index contributed by atoms with van der Waals surface area (Å²) in [6.07, 6.45) is 3.07. The Hall–Kier alpha value is -4.35. The zero-order chi connectivity index (χ0) is 31.4. The van der Waals surface area contributed by atoms with Crippen LogP contribution in [0.4, 0.5) is 14.9 Å². The molecule has 3 heterocycles. The SMILES string of the molecule is Cn1nnnc1-c1cccc(NC(=O)N[C@@H]2CCN(C(=O)C(C)(C)C)C[C@H]2C(=O)N2CCC[C@@H](Cc3ccc(F)cc3)C2)c1. The zero-order valence-corrected chi connectivity index (χ0v) is 25.8. The predicted octanol–water partition coefficient (Wildman–Crippen LogP) is 3.88. The lowest BCUT2D eigenvalue weighted by atomic mass is 9.86. The molecule has 44 heavy (non-hydrogen) atoms. The Labute approximate surface area is 257 Å². The minimum absolute atomic E-state index is 0.0129. The number of amides is 4. The van der Waals surface area contributed by atoms with Gasteiger partial charge in [0.25, 0.3) is 0 Å². The summed E-state index contributed by atoms with van der Waals surface area (Å²) in [5.74, 6) is -0.0984. The molecule has 0 bridgehead atoms. The maximum Gasteiger partial charge on any atom is 0.319 e. The standard InChI is InChI=1S/C32H41FN8O3/c1-32(2,3)30(43)41-16-14-27(35-31(44)34-25-9-5-8-23(18-25)28-36-37-38-39(28)4)26(20-41)29(42)40-15-6-7-22(19-40)17-21-10-12-24(33)13-11-21/h5,8-13,18,22,26-27H,6-7,14-17,19-20H2,1-4H3,(H2,34,35,44)/t22-,26+,27+/m0/s1. The lowest BCUT2D eigenvalue weighted by Crippen LogP contribution is -2.59. The monoisotopic (exact) mass is 604 g/mol. The molecule has 0 radical (unpaired) electrons. The molecule has 3 atom stereocenters. The highest BCUT2D eigenvalue weighted by molar-refractivity contribution is 5.91. The topological polar surface area (TPSA) is 125 Å². The van der Waals surface area contributed by atoms with Crippen LogP contribution in [0.3, 0.4) is 0 Å². The summed E-state index contributed by atoms with van der Waals surface area (Å²) in [5, 5.41) is 17.5. The Morgan fingerprint density at radius 3 is 2.48 bits per heavy atom. The molecule has 0 unspecified atom stereocenters. The van der Waals surface area contributed by atoms with Gasteiger partial charge in [0.15, 0.2) is 5.82 Å². The normalized spacial score (nSPS) is 20.7. The smallest absolute Gasteiger partial charge is 0.319 e. The summed E-state index contributed by atoms with van der Waals surface area (Å²) in [4.78, 5) is 44.2. The molecule has 1 aromatic heterocycles. The first-order valence-corrected chi connectivity index (χ1v) is 15.2. The lowest BCUT2D eigenvalue weighted by Gasteiger charge is -2.43. The van der Waals surface area contributed by atoms with E-state index in [4.69, 9.17) is 0 Å². The van der Waals surface area contributed by atoms with Crippen molar-refractivity contribution in [3.8, 4) is 11.4 Å². The van der Waals surface area contributed by atoms with E-state index >= 15 is 0 Å². The van der Waals surface area contributed by atoms with E-state index in [1.165, 1.54) is 12.1 Å². The van der Waals surface area contributed by atoms with Gasteiger partial charge in [-0.05, 0) is 71.9 Å². The van der Waals surface area contributed by atoms with E-state index in [0.717, 1.165) is 30.4 Å². The summed E-state index contributed by atoms with van der Waals surface area (Å²) < 4.78 is 15.0. The number of aryl methyl sites for hydroxylation is 1. The van der Waals surface area contributed by atoms with E-state index in [1.807, 2.05) is 31.7 Å². The van der Waals surface area contributed by atoms with Crippen molar-refractivity contribution in [2.45, 2.75) is 52.5 Å². The van der Waals surface area contributed by atoms with Crippen LogP contribution >= 0.6 is 0 Å². The third-order valence-electron chi connectivity index (χ3n) is 8.44. The quantitative estimate of drug-likeness (QED) is 0.440. The molecule has 11 nitrogen and oxygen atoms in total. The van der Waals surface area contributed by atoms with Gasteiger partial charge in [-0.3, -0.25) is 9.59 Å². The number of benzene rings is 2. The van der Waals surface area contributed by atoms with E-state index in [9.17, 15) is 18.8 Å². The molecule has 0 spiro atoms. The molecule has 234 valence electrons. The number of piperidine rings is 2. The first-order valence-electron chi connectivity index (χ1n) is 15.2. The van der Waals surface area contributed by atoms with Gasteiger partial charge in [0, 0.05) is 55.9 Å². The van der Waals surface area contributed by atoms with Crippen LogP contribution in [-0.2, 0) is 23.1 Å². The van der Waals surface area contributed by atoms with Gasteiger partial charge >= 0.3 is 6.03 Å². The Morgan fingerprint density at radius 1 is 1.00 bits per heavy atom. The van der Waals surface area contributed by atoms with Crippen molar-refractivity contribution in [1.29, 1.82) is 0 Å². The average Bonchev–Trinajstić information content (AvgIpc) is 3.43. The summed E-state index contributed by atoms with van der Waals surface area (Å²) in [7, 11) is 1.74. The Kier molecular flexibility index (Phi) is 9.26. The van der Waals surface area contributed by atoms with Crippen LogP contribution in [0.15, 0.2) is 48.5 Å². The summed E-state index contributed by atoms with van der Waals surface area (Å²) in [6, 6.07) is 12.9. The van der Waals surface area contributed by atoms with Crippen molar-refractivity contribution in [2.24, 2.45) is 24.3 Å². The van der Waals surface area contributed by atoms with Gasteiger partial charge < -0.3 is 20.4 Å². The number of hydrogen-bond acceptors (Lipinski definition) is 6. The van der Waals surface area contributed by atoms with Crippen molar-refractivity contribution >= 4 is 23.5 Å². The van der Waals surface area contributed by atoms with E-state index in [0.29, 0.717) is 37.6 Å². The van der Waals surface area contributed by atoms with E-state index in [-0.39, 0.29) is 30.1 Å². The second-order valence-electron chi connectivity index (χ2n) is 12.9. The van der Waals surface area contributed by atoms with E-state index in [2.05, 4.69) is 26.2 Å². The van der Waals surface area contributed by atoms with Gasteiger partial charge in [0.05, 0.1) is 5.92 Å². The Balaban J connectivity index is 1.29. The Morgan fingerprint density at radius 2 is 1.77 bits per heavy atom. The van der Waals surface area contributed by atoms with Crippen molar-refractivity contribution in [3.05, 3.63) is 59.9 Å². The largest absolute Gasteiger partial charge is 0.342 e. The molecule has 2 saturated heterocycles. The lowest BCUT2D eigenvalue weighted by molar-refractivity contribution is -0.147. The Bertz CT molecular complexity index is 1490.